The van der Waals surface area contributed by atoms with Gasteiger partial charge in [-0.2, -0.15) is 0 Å². The lowest BCUT2D eigenvalue weighted by Crippen LogP contribution is -2.23. The minimum atomic E-state index is -0.234. The number of carbonyl (C=O) groups is 1. The number of carbonyl (C=O) groups excluding carboxylic acids is 1. The second-order valence-corrected chi connectivity index (χ2v) is 4.22. The van der Waals surface area contributed by atoms with Gasteiger partial charge >= 0.3 is 0 Å². The van der Waals surface area contributed by atoms with Gasteiger partial charge < -0.3 is 10.6 Å². The van der Waals surface area contributed by atoms with Gasteiger partial charge in [0.05, 0.1) is 22.8 Å². The summed E-state index contributed by atoms with van der Waals surface area (Å²) in [6, 6.07) is 7.11. The van der Waals surface area contributed by atoms with Gasteiger partial charge in [0.2, 0.25) is 0 Å². The zero-order chi connectivity index (χ0) is 13.7. The Labute approximate surface area is 116 Å². The van der Waals surface area contributed by atoms with E-state index < -0.39 is 0 Å². The van der Waals surface area contributed by atoms with Crippen LogP contribution in [0.3, 0.4) is 0 Å². The van der Waals surface area contributed by atoms with Crippen molar-refractivity contribution in [2.45, 2.75) is 6.54 Å². The van der Waals surface area contributed by atoms with E-state index in [0.29, 0.717) is 22.9 Å². The number of hydrogen-bond donors (Lipinski definition) is 2. The van der Waals surface area contributed by atoms with Crippen LogP contribution in [0.15, 0.2) is 36.7 Å². The highest BCUT2D eigenvalue weighted by atomic mass is 35.5. The normalized spacial score (nSPS) is 10.0. The first kappa shape index (κ1) is 13.3. The first-order valence-electron chi connectivity index (χ1n) is 5.72. The topological polar surface area (TPSA) is 66.9 Å². The molecule has 2 N–H and O–H groups in total. The van der Waals surface area contributed by atoms with Crippen LogP contribution in [-0.4, -0.2) is 22.9 Å². The second-order valence-electron chi connectivity index (χ2n) is 3.81. The van der Waals surface area contributed by atoms with Crippen LogP contribution < -0.4 is 10.6 Å². The molecule has 0 radical (unpaired) electrons. The molecule has 2 aromatic rings. The third kappa shape index (κ3) is 3.42. The van der Waals surface area contributed by atoms with Crippen molar-refractivity contribution in [3.8, 4) is 0 Å². The van der Waals surface area contributed by atoms with Gasteiger partial charge in [0.1, 0.15) is 5.82 Å². The van der Waals surface area contributed by atoms with E-state index in [1.165, 1.54) is 6.20 Å². The molecular formula is C13H13ClN4O. The lowest BCUT2D eigenvalue weighted by atomic mass is 10.2. The summed E-state index contributed by atoms with van der Waals surface area (Å²) in [5, 5.41) is 6.00. The van der Waals surface area contributed by atoms with Crippen molar-refractivity contribution >= 4 is 23.3 Å². The van der Waals surface area contributed by atoms with Crippen molar-refractivity contribution in [3.63, 3.8) is 0 Å². The van der Waals surface area contributed by atoms with Crippen LogP contribution in [0.4, 0.5) is 5.82 Å². The predicted molar refractivity (Wildman–Crippen MR) is 74.2 cm³/mol. The van der Waals surface area contributed by atoms with E-state index in [0.717, 1.165) is 5.69 Å². The van der Waals surface area contributed by atoms with Crippen molar-refractivity contribution in [1.82, 2.24) is 15.3 Å². The number of nitrogens with zero attached hydrogens (tertiary/aromatic N) is 2. The van der Waals surface area contributed by atoms with Gasteiger partial charge in [-0.3, -0.25) is 9.78 Å². The fourth-order valence-electron chi connectivity index (χ4n) is 1.52. The van der Waals surface area contributed by atoms with Gasteiger partial charge in [-0.25, -0.2) is 4.98 Å². The molecule has 1 amide bonds. The molecule has 2 rings (SSSR count). The zero-order valence-electron chi connectivity index (χ0n) is 10.4. The van der Waals surface area contributed by atoms with Crippen molar-refractivity contribution in [3.05, 3.63) is 52.9 Å². The summed E-state index contributed by atoms with van der Waals surface area (Å²) >= 11 is 5.97. The van der Waals surface area contributed by atoms with E-state index in [1.807, 2.05) is 18.2 Å². The lowest BCUT2D eigenvalue weighted by molar-refractivity contribution is 0.0950. The van der Waals surface area contributed by atoms with Crippen molar-refractivity contribution in [2.24, 2.45) is 0 Å². The Morgan fingerprint density at radius 3 is 2.84 bits per heavy atom. The largest absolute Gasteiger partial charge is 0.372 e. The average Bonchev–Trinajstić information content (AvgIpc) is 2.45. The molecule has 0 aliphatic carbocycles. The highest BCUT2D eigenvalue weighted by Crippen LogP contribution is 2.19. The van der Waals surface area contributed by atoms with E-state index in [-0.39, 0.29) is 5.91 Å². The summed E-state index contributed by atoms with van der Waals surface area (Å²) in [5.41, 5.74) is 1.21. The van der Waals surface area contributed by atoms with E-state index in [4.69, 9.17) is 11.6 Å². The summed E-state index contributed by atoms with van der Waals surface area (Å²) in [6.07, 6.45) is 3.16. The Morgan fingerprint density at radius 2 is 2.21 bits per heavy atom. The van der Waals surface area contributed by atoms with Gasteiger partial charge in [0, 0.05) is 19.4 Å². The molecule has 5 nitrogen and oxygen atoms in total. The first-order valence-corrected chi connectivity index (χ1v) is 6.10. The zero-order valence-corrected chi connectivity index (χ0v) is 11.1. The van der Waals surface area contributed by atoms with Crippen molar-refractivity contribution < 1.29 is 4.79 Å². The van der Waals surface area contributed by atoms with E-state index in [9.17, 15) is 4.79 Å². The summed E-state index contributed by atoms with van der Waals surface area (Å²) < 4.78 is 0. The Kier molecular flexibility index (Phi) is 4.30. The maximum Gasteiger partial charge on any atom is 0.253 e. The fraction of sp³-hybridized carbons (Fsp3) is 0.154. The number of hydrogen-bond acceptors (Lipinski definition) is 4. The third-order valence-electron chi connectivity index (χ3n) is 2.50. The standard InChI is InChI=1S/C13H13ClN4O/c1-15-12-11(14)6-9(7-17-12)13(19)18-8-10-4-2-3-5-16-10/h2-7H,8H2,1H3,(H,15,17)(H,18,19). The molecule has 0 saturated heterocycles. The van der Waals surface area contributed by atoms with Crippen LogP contribution in [-0.2, 0) is 6.54 Å². The molecule has 0 spiro atoms. The maximum atomic E-state index is 11.9. The monoisotopic (exact) mass is 276 g/mol. The summed E-state index contributed by atoms with van der Waals surface area (Å²) in [7, 11) is 1.72. The minimum Gasteiger partial charge on any atom is -0.372 e. The average molecular weight is 277 g/mol. The Morgan fingerprint density at radius 1 is 1.37 bits per heavy atom. The first-order chi connectivity index (χ1) is 9.20. The Hall–Kier alpha value is -2.14. The fourth-order valence-corrected chi connectivity index (χ4v) is 1.78. The SMILES string of the molecule is CNc1ncc(C(=O)NCc2ccccn2)cc1Cl. The molecule has 0 unspecified atom stereocenters. The highest BCUT2D eigenvalue weighted by molar-refractivity contribution is 6.33. The lowest BCUT2D eigenvalue weighted by Gasteiger charge is -2.06. The molecule has 0 bridgehead atoms. The predicted octanol–water partition coefficient (Wildman–Crippen LogP) is 2.10. The second kappa shape index (κ2) is 6.15. The maximum absolute atomic E-state index is 11.9. The van der Waals surface area contributed by atoms with Crippen LogP contribution in [0.1, 0.15) is 16.1 Å². The molecule has 0 aromatic carbocycles. The summed E-state index contributed by atoms with van der Waals surface area (Å²) in [4.78, 5) is 20.1. The summed E-state index contributed by atoms with van der Waals surface area (Å²) in [6.45, 7) is 0.366. The summed E-state index contributed by atoms with van der Waals surface area (Å²) in [5.74, 6) is 0.311. The minimum absolute atomic E-state index is 0.234. The third-order valence-corrected chi connectivity index (χ3v) is 2.78. The van der Waals surface area contributed by atoms with Gasteiger partial charge in [0.15, 0.2) is 0 Å². The molecule has 0 fully saturated rings. The Bertz CT molecular complexity index is 574. The van der Waals surface area contributed by atoms with E-state index >= 15 is 0 Å². The van der Waals surface area contributed by atoms with Crippen molar-refractivity contribution in [2.75, 3.05) is 12.4 Å². The molecule has 0 aliphatic rings. The van der Waals surface area contributed by atoms with E-state index in [1.54, 1.807) is 19.3 Å². The number of rotatable bonds is 4. The molecule has 2 heterocycles. The molecule has 19 heavy (non-hydrogen) atoms. The van der Waals surface area contributed by atoms with Crippen LogP contribution in [0.25, 0.3) is 0 Å². The molecule has 98 valence electrons. The van der Waals surface area contributed by atoms with Gasteiger partial charge in [0.25, 0.3) is 5.91 Å². The van der Waals surface area contributed by atoms with Crippen LogP contribution in [0.2, 0.25) is 5.02 Å². The Balaban J connectivity index is 2.02. The van der Waals surface area contributed by atoms with Crippen LogP contribution in [0, 0.1) is 0 Å². The molecular weight excluding hydrogens is 264 g/mol. The molecule has 2 aromatic heterocycles. The highest BCUT2D eigenvalue weighted by Gasteiger charge is 2.09. The number of halogens is 1. The van der Waals surface area contributed by atoms with Crippen LogP contribution >= 0.6 is 11.6 Å². The smallest absolute Gasteiger partial charge is 0.253 e. The number of anilines is 1. The van der Waals surface area contributed by atoms with Crippen LogP contribution in [0.5, 0.6) is 0 Å². The van der Waals surface area contributed by atoms with Gasteiger partial charge in [-0.1, -0.05) is 17.7 Å². The number of nitrogens with one attached hydrogen (secondary N) is 2. The molecule has 0 saturated carbocycles. The van der Waals surface area contributed by atoms with E-state index in [2.05, 4.69) is 20.6 Å². The van der Waals surface area contributed by atoms with Crippen molar-refractivity contribution in [1.29, 1.82) is 0 Å². The van der Waals surface area contributed by atoms with Gasteiger partial charge in [-0.15, -0.1) is 0 Å². The number of amides is 1. The molecule has 0 atom stereocenters. The number of pyridine rings is 2. The quantitative estimate of drug-likeness (QED) is 0.897. The van der Waals surface area contributed by atoms with Gasteiger partial charge in [-0.05, 0) is 18.2 Å². The molecule has 0 aliphatic heterocycles. The molecule has 6 heteroatoms. The number of aromatic nitrogens is 2.